The lowest BCUT2D eigenvalue weighted by Crippen LogP contribution is -2.14. The van der Waals surface area contributed by atoms with Crippen LogP contribution in [0, 0.1) is 12.7 Å². The smallest absolute Gasteiger partial charge is 0.128 e. The van der Waals surface area contributed by atoms with Crippen LogP contribution in [0.4, 0.5) is 4.39 Å². The largest absolute Gasteiger partial charge is 0.313 e. The molecule has 0 aliphatic carbocycles. The third kappa shape index (κ3) is 3.67. The Balaban J connectivity index is 2.12. The average molecular weight is 340 g/mol. The van der Waals surface area contributed by atoms with Gasteiger partial charge in [-0.25, -0.2) is 4.39 Å². The molecule has 2 rings (SSSR count). The summed E-state index contributed by atoms with van der Waals surface area (Å²) in [6.07, 6.45) is 2.96. The fraction of sp³-hybridized carbons (Fsp3) is 0.400. The van der Waals surface area contributed by atoms with Crippen molar-refractivity contribution in [3.63, 3.8) is 0 Å². The van der Waals surface area contributed by atoms with E-state index < -0.39 is 0 Å². The molecule has 108 valence electrons. The molecular weight excluding hydrogens is 321 g/mol. The Morgan fingerprint density at radius 2 is 2.15 bits per heavy atom. The molecule has 0 fully saturated rings. The number of halogens is 2. The van der Waals surface area contributed by atoms with Crippen molar-refractivity contribution in [3.05, 3.63) is 51.5 Å². The van der Waals surface area contributed by atoms with E-state index in [0.717, 1.165) is 35.2 Å². The van der Waals surface area contributed by atoms with Crippen molar-refractivity contribution in [1.82, 2.24) is 15.1 Å². The molecule has 3 nitrogen and oxygen atoms in total. The molecule has 20 heavy (non-hydrogen) atoms. The Bertz CT molecular complexity index is 580. The molecule has 0 amide bonds. The van der Waals surface area contributed by atoms with Gasteiger partial charge in [0, 0.05) is 27.8 Å². The second kappa shape index (κ2) is 6.99. The van der Waals surface area contributed by atoms with Crippen LogP contribution in [-0.2, 0) is 13.1 Å². The number of benzene rings is 1. The zero-order valence-electron chi connectivity index (χ0n) is 11.8. The van der Waals surface area contributed by atoms with E-state index in [9.17, 15) is 4.39 Å². The number of hydrogen-bond donors (Lipinski definition) is 1. The molecule has 2 aromatic rings. The summed E-state index contributed by atoms with van der Waals surface area (Å²) in [5.41, 5.74) is 2.88. The first kappa shape index (κ1) is 15.2. The molecule has 0 atom stereocenters. The van der Waals surface area contributed by atoms with Crippen molar-refractivity contribution in [2.24, 2.45) is 0 Å². The summed E-state index contributed by atoms with van der Waals surface area (Å²) < 4.78 is 16.5. The number of nitrogens with zero attached hydrogens (tertiary/aromatic N) is 2. The van der Waals surface area contributed by atoms with Crippen molar-refractivity contribution in [3.8, 4) is 0 Å². The van der Waals surface area contributed by atoms with E-state index in [-0.39, 0.29) is 5.82 Å². The molecule has 1 aromatic heterocycles. The van der Waals surface area contributed by atoms with E-state index in [2.05, 4.69) is 33.3 Å². The van der Waals surface area contributed by atoms with Gasteiger partial charge in [0.05, 0.1) is 12.7 Å². The van der Waals surface area contributed by atoms with Gasteiger partial charge in [-0.1, -0.05) is 22.9 Å². The second-order valence-corrected chi connectivity index (χ2v) is 5.74. The van der Waals surface area contributed by atoms with Crippen LogP contribution in [0.3, 0.4) is 0 Å². The van der Waals surface area contributed by atoms with E-state index in [1.54, 1.807) is 12.1 Å². The topological polar surface area (TPSA) is 29.9 Å². The van der Waals surface area contributed by atoms with Gasteiger partial charge in [-0.05, 0) is 38.1 Å². The summed E-state index contributed by atoms with van der Waals surface area (Å²) in [7, 11) is 0. The Kier molecular flexibility index (Phi) is 5.31. The van der Waals surface area contributed by atoms with Crippen molar-refractivity contribution in [2.75, 3.05) is 6.54 Å². The molecule has 5 heteroatoms. The maximum Gasteiger partial charge on any atom is 0.128 e. The lowest BCUT2D eigenvalue weighted by molar-refractivity contribution is 0.579. The molecule has 0 saturated carbocycles. The number of rotatable bonds is 6. The van der Waals surface area contributed by atoms with Crippen LogP contribution in [0.2, 0.25) is 0 Å². The molecule has 0 aliphatic rings. The molecule has 0 saturated heterocycles. The van der Waals surface area contributed by atoms with Gasteiger partial charge in [0.15, 0.2) is 0 Å². The van der Waals surface area contributed by atoms with Gasteiger partial charge >= 0.3 is 0 Å². The molecule has 0 radical (unpaired) electrons. The predicted octanol–water partition coefficient (Wildman–Crippen LogP) is 3.64. The molecule has 0 spiro atoms. The molecule has 1 aromatic carbocycles. The average Bonchev–Trinajstić information content (AvgIpc) is 2.76. The van der Waals surface area contributed by atoms with E-state index in [4.69, 9.17) is 0 Å². The van der Waals surface area contributed by atoms with E-state index >= 15 is 0 Å². The molecule has 0 bridgehead atoms. The minimum atomic E-state index is -0.200. The number of aromatic nitrogens is 2. The van der Waals surface area contributed by atoms with Crippen molar-refractivity contribution >= 4 is 15.9 Å². The highest BCUT2D eigenvalue weighted by atomic mass is 79.9. The highest BCUT2D eigenvalue weighted by Gasteiger charge is 2.09. The Morgan fingerprint density at radius 3 is 2.90 bits per heavy atom. The third-order valence-electron chi connectivity index (χ3n) is 3.27. The van der Waals surface area contributed by atoms with Gasteiger partial charge in [-0.3, -0.25) is 4.68 Å². The van der Waals surface area contributed by atoms with Crippen LogP contribution in [0.15, 0.2) is 28.9 Å². The molecule has 1 heterocycles. The molecular formula is C15H19BrFN3. The van der Waals surface area contributed by atoms with Gasteiger partial charge in [0.25, 0.3) is 0 Å². The van der Waals surface area contributed by atoms with Crippen LogP contribution in [0.1, 0.15) is 30.2 Å². The predicted molar refractivity (Wildman–Crippen MR) is 82.2 cm³/mol. The van der Waals surface area contributed by atoms with Crippen molar-refractivity contribution in [1.29, 1.82) is 0 Å². The quantitative estimate of drug-likeness (QED) is 0.814. The van der Waals surface area contributed by atoms with Crippen molar-refractivity contribution in [2.45, 2.75) is 33.4 Å². The Hall–Kier alpha value is -1.20. The van der Waals surface area contributed by atoms with Gasteiger partial charge in [-0.2, -0.15) is 5.10 Å². The highest BCUT2D eigenvalue weighted by Crippen LogP contribution is 2.17. The molecule has 1 N–H and O–H groups in total. The lowest BCUT2D eigenvalue weighted by Gasteiger charge is -2.08. The van der Waals surface area contributed by atoms with Gasteiger partial charge in [0.1, 0.15) is 5.82 Å². The standard InChI is InChI=1S/C15H19BrFN3/c1-3-6-18-8-13-9-19-20(11(13)2)10-12-7-14(16)4-5-15(12)17/h4-5,7,9,18H,3,6,8,10H2,1-2H3. The lowest BCUT2D eigenvalue weighted by atomic mass is 10.2. The van der Waals surface area contributed by atoms with Gasteiger partial charge < -0.3 is 5.32 Å². The zero-order chi connectivity index (χ0) is 14.5. The van der Waals surface area contributed by atoms with Crippen LogP contribution < -0.4 is 5.32 Å². The third-order valence-corrected chi connectivity index (χ3v) is 3.77. The Morgan fingerprint density at radius 1 is 1.35 bits per heavy atom. The van der Waals surface area contributed by atoms with E-state index in [1.165, 1.54) is 6.07 Å². The first-order valence-corrected chi connectivity index (χ1v) is 7.57. The SMILES string of the molecule is CCCNCc1cnn(Cc2cc(Br)ccc2F)c1C. The number of hydrogen-bond acceptors (Lipinski definition) is 2. The summed E-state index contributed by atoms with van der Waals surface area (Å²) in [6, 6.07) is 4.97. The summed E-state index contributed by atoms with van der Waals surface area (Å²) in [5, 5.41) is 7.71. The number of nitrogens with one attached hydrogen (secondary N) is 1. The van der Waals surface area contributed by atoms with Crippen LogP contribution >= 0.6 is 15.9 Å². The van der Waals surface area contributed by atoms with E-state index in [0.29, 0.717) is 12.1 Å². The fourth-order valence-electron chi connectivity index (χ4n) is 2.04. The minimum Gasteiger partial charge on any atom is -0.313 e. The molecule has 0 aliphatic heterocycles. The van der Waals surface area contributed by atoms with Gasteiger partial charge in [-0.15, -0.1) is 0 Å². The molecule has 0 unspecified atom stereocenters. The van der Waals surface area contributed by atoms with Crippen molar-refractivity contribution < 1.29 is 4.39 Å². The first-order valence-electron chi connectivity index (χ1n) is 6.77. The normalized spacial score (nSPS) is 11.0. The second-order valence-electron chi connectivity index (χ2n) is 4.83. The maximum absolute atomic E-state index is 13.8. The first-order chi connectivity index (χ1) is 9.61. The Labute approximate surface area is 127 Å². The maximum atomic E-state index is 13.8. The summed E-state index contributed by atoms with van der Waals surface area (Å²) in [4.78, 5) is 0. The van der Waals surface area contributed by atoms with Crippen LogP contribution in [0.5, 0.6) is 0 Å². The summed E-state index contributed by atoms with van der Waals surface area (Å²) in [6.45, 7) is 6.40. The summed E-state index contributed by atoms with van der Waals surface area (Å²) in [5.74, 6) is -0.200. The van der Waals surface area contributed by atoms with Crippen LogP contribution in [0.25, 0.3) is 0 Å². The van der Waals surface area contributed by atoms with Gasteiger partial charge in [0.2, 0.25) is 0 Å². The summed E-state index contributed by atoms with van der Waals surface area (Å²) >= 11 is 3.37. The highest BCUT2D eigenvalue weighted by molar-refractivity contribution is 9.10. The van der Waals surface area contributed by atoms with Crippen LogP contribution in [-0.4, -0.2) is 16.3 Å². The minimum absolute atomic E-state index is 0.200. The van der Waals surface area contributed by atoms with E-state index in [1.807, 2.05) is 17.8 Å². The fourth-order valence-corrected chi connectivity index (χ4v) is 2.45. The monoisotopic (exact) mass is 339 g/mol. The zero-order valence-corrected chi connectivity index (χ0v) is 13.4.